The molecule has 0 saturated carbocycles. The van der Waals surface area contributed by atoms with Crippen molar-refractivity contribution in [1.82, 2.24) is 10.6 Å². The first-order chi connectivity index (χ1) is 12.5. The molecular formula is C18H26F3N3OS. The Balaban J connectivity index is 1.85. The Morgan fingerprint density at radius 1 is 1.31 bits per heavy atom. The maximum Gasteiger partial charge on any atom is 0.411 e. The molecule has 1 saturated heterocycles. The van der Waals surface area contributed by atoms with Crippen molar-refractivity contribution in [3.63, 3.8) is 0 Å². The molecule has 1 heterocycles. The predicted molar refractivity (Wildman–Crippen MR) is 100 cm³/mol. The van der Waals surface area contributed by atoms with Crippen LogP contribution < -0.4 is 10.6 Å². The van der Waals surface area contributed by atoms with Crippen molar-refractivity contribution in [2.24, 2.45) is 4.99 Å². The second-order valence-corrected chi connectivity index (χ2v) is 7.55. The van der Waals surface area contributed by atoms with E-state index in [4.69, 9.17) is 4.74 Å². The molecule has 0 amide bonds. The monoisotopic (exact) mass is 389 g/mol. The number of nitrogens with zero attached hydrogens (tertiary/aromatic N) is 1. The minimum absolute atomic E-state index is 0.0612. The zero-order chi connectivity index (χ0) is 18.8. The molecule has 0 spiro atoms. The number of alkyl halides is 3. The molecule has 0 bridgehead atoms. The van der Waals surface area contributed by atoms with E-state index in [0.29, 0.717) is 17.4 Å². The van der Waals surface area contributed by atoms with Crippen LogP contribution in [0.4, 0.5) is 13.2 Å². The maximum atomic E-state index is 12.1. The summed E-state index contributed by atoms with van der Waals surface area (Å²) in [5.41, 5.74) is 1.65. The normalized spacial score (nSPS) is 18.2. The zero-order valence-electron chi connectivity index (χ0n) is 14.9. The van der Waals surface area contributed by atoms with E-state index in [1.54, 1.807) is 6.07 Å². The van der Waals surface area contributed by atoms with Crippen LogP contribution in [0.1, 0.15) is 30.9 Å². The Bertz CT molecular complexity index is 575. The summed E-state index contributed by atoms with van der Waals surface area (Å²) in [5, 5.41) is 7.22. The smallest absolute Gasteiger partial charge is 0.367 e. The van der Waals surface area contributed by atoms with Gasteiger partial charge in [0.15, 0.2) is 5.96 Å². The van der Waals surface area contributed by atoms with Crippen molar-refractivity contribution in [2.75, 3.05) is 25.4 Å². The van der Waals surface area contributed by atoms with Crippen molar-refractivity contribution in [1.29, 1.82) is 0 Å². The fourth-order valence-electron chi connectivity index (χ4n) is 2.63. The lowest BCUT2D eigenvalue weighted by Gasteiger charge is -2.14. The van der Waals surface area contributed by atoms with E-state index in [1.165, 1.54) is 18.6 Å². The van der Waals surface area contributed by atoms with Crippen LogP contribution in [-0.4, -0.2) is 42.8 Å². The lowest BCUT2D eigenvalue weighted by Crippen LogP contribution is -2.40. The van der Waals surface area contributed by atoms with E-state index in [2.05, 4.69) is 15.6 Å². The lowest BCUT2D eigenvalue weighted by molar-refractivity contribution is -0.176. The molecule has 2 rings (SSSR count). The highest BCUT2D eigenvalue weighted by molar-refractivity contribution is 8.00. The van der Waals surface area contributed by atoms with Gasteiger partial charge >= 0.3 is 6.18 Å². The summed E-state index contributed by atoms with van der Waals surface area (Å²) in [6, 6.07) is 7.31. The molecule has 26 heavy (non-hydrogen) atoms. The van der Waals surface area contributed by atoms with Gasteiger partial charge in [0.25, 0.3) is 0 Å². The third-order valence-corrected chi connectivity index (χ3v) is 5.21. The van der Waals surface area contributed by atoms with Crippen LogP contribution in [0.25, 0.3) is 0 Å². The molecule has 1 unspecified atom stereocenters. The molecule has 1 aromatic carbocycles. The number of halogens is 3. The van der Waals surface area contributed by atoms with E-state index in [-0.39, 0.29) is 6.61 Å². The van der Waals surface area contributed by atoms with Gasteiger partial charge in [0.2, 0.25) is 0 Å². The fraction of sp³-hybridized carbons (Fsp3) is 0.611. The summed E-state index contributed by atoms with van der Waals surface area (Å²) >= 11 is 1.99. The molecule has 0 aromatic heterocycles. The number of thioether (sulfide) groups is 1. The number of benzene rings is 1. The van der Waals surface area contributed by atoms with Crippen molar-refractivity contribution in [3.05, 3.63) is 35.4 Å². The number of nitrogens with one attached hydrogen (secondary N) is 2. The first-order valence-corrected chi connectivity index (χ1v) is 9.87. The summed E-state index contributed by atoms with van der Waals surface area (Å²) in [4.78, 5) is 4.57. The Morgan fingerprint density at radius 3 is 2.81 bits per heavy atom. The summed E-state index contributed by atoms with van der Waals surface area (Å²) in [6.45, 7) is 2.84. The first kappa shape index (κ1) is 20.9. The maximum absolute atomic E-state index is 12.1. The number of guanidine groups is 1. The summed E-state index contributed by atoms with van der Waals surface area (Å²) in [7, 11) is 0. The van der Waals surface area contributed by atoms with E-state index in [0.717, 1.165) is 24.6 Å². The van der Waals surface area contributed by atoms with Gasteiger partial charge in [-0.2, -0.15) is 24.9 Å². The van der Waals surface area contributed by atoms with Crippen LogP contribution in [-0.2, 0) is 17.9 Å². The Kier molecular flexibility index (Phi) is 8.58. The van der Waals surface area contributed by atoms with Gasteiger partial charge in [-0.15, -0.1) is 0 Å². The summed E-state index contributed by atoms with van der Waals surface area (Å²) < 4.78 is 41.1. The molecule has 146 valence electrons. The average Bonchev–Trinajstić information content (AvgIpc) is 3.10. The molecular weight excluding hydrogens is 363 g/mol. The van der Waals surface area contributed by atoms with Crippen LogP contribution in [0.15, 0.2) is 29.3 Å². The van der Waals surface area contributed by atoms with E-state index in [1.807, 2.05) is 36.9 Å². The van der Waals surface area contributed by atoms with Gasteiger partial charge in [-0.05, 0) is 36.6 Å². The molecule has 1 fully saturated rings. The Morgan fingerprint density at radius 2 is 2.12 bits per heavy atom. The molecule has 1 aliphatic heterocycles. The molecule has 0 aliphatic carbocycles. The van der Waals surface area contributed by atoms with Crippen molar-refractivity contribution >= 4 is 17.7 Å². The Labute approximate surface area is 157 Å². The number of hydrogen-bond acceptors (Lipinski definition) is 3. The lowest BCUT2D eigenvalue weighted by atomic mass is 10.1. The van der Waals surface area contributed by atoms with Crippen LogP contribution in [0, 0.1) is 0 Å². The fourth-order valence-corrected chi connectivity index (χ4v) is 3.83. The molecule has 1 aromatic rings. The van der Waals surface area contributed by atoms with Crippen LogP contribution in [0.2, 0.25) is 0 Å². The highest BCUT2D eigenvalue weighted by atomic mass is 32.2. The third-order valence-electron chi connectivity index (χ3n) is 3.81. The summed E-state index contributed by atoms with van der Waals surface area (Å²) in [5.74, 6) is 1.99. The van der Waals surface area contributed by atoms with E-state index >= 15 is 0 Å². The third kappa shape index (κ3) is 8.31. The number of rotatable bonds is 8. The van der Waals surface area contributed by atoms with Gasteiger partial charge in [-0.25, -0.2) is 4.99 Å². The van der Waals surface area contributed by atoms with Gasteiger partial charge in [0.1, 0.15) is 6.61 Å². The topological polar surface area (TPSA) is 45.7 Å². The first-order valence-electron chi connectivity index (χ1n) is 8.82. The number of aliphatic imine (C=N–C) groups is 1. The predicted octanol–water partition coefficient (Wildman–Crippen LogP) is 3.72. The highest BCUT2D eigenvalue weighted by Gasteiger charge is 2.27. The number of ether oxygens (including phenoxy) is 1. The largest absolute Gasteiger partial charge is 0.411 e. The van der Waals surface area contributed by atoms with Gasteiger partial charge in [-0.1, -0.05) is 24.3 Å². The highest BCUT2D eigenvalue weighted by Crippen LogP contribution is 2.25. The molecule has 1 aliphatic rings. The Hall–Kier alpha value is -1.41. The quantitative estimate of drug-likeness (QED) is 0.526. The van der Waals surface area contributed by atoms with Crippen molar-refractivity contribution in [2.45, 2.75) is 44.3 Å². The van der Waals surface area contributed by atoms with Gasteiger partial charge in [0, 0.05) is 18.3 Å². The minimum Gasteiger partial charge on any atom is -0.367 e. The molecule has 2 N–H and O–H groups in total. The SMILES string of the molecule is CCNC(=NCc1cccc(COCC(F)(F)F)c1)NCC1CCCS1. The molecule has 1 atom stereocenters. The molecule has 0 radical (unpaired) electrons. The van der Waals surface area contributed by atoms with Crippen molar-refractivity contribution in [3.8, 4) is 0 Å². The second kappa shape index (κ2) is 10.7. The van der Waals surface area contributed by atoms with Gasteiger partial charge in [-0.3, -0.25) is 0 Å². The minimum atomic E-state index is -4.30. The number of hydrogen-bond donors (Lipinski definition) is 2. The second-order valence-electron chi connectivity index (χ2n) is 6.14. The van der Waals surface area contributed by atoms with Crippen LogP contribution in [0.5, 0.6) is 0 Å². The van der Waals surface area contributed by atoms with E-state index in [9.17, 15) is 13.2 Å². The van der Waals surface area contributed by atoms with Crippen LogP contribution in [0.3, 0.4) is 0 Å². The average molecular weight is 389 g/mol. The van der Waals surface area contributed by atoms with Gasteiger partial charge < -0.3 is 15.4 Å². The van der Waals surface area contributed by atoms with E-state index < -0.39 is 12.8 Å². The molecule has 4 nitrogen and oxygen atoms in total. The van der Waals surface area contributed by atoms with Gasteiger partial charge in [0.05, 0.1) is 13.2 Å². The standard InChI is InChI=1S/C18H26F3N3OS/c1-2-22-17(24-11-16-7-4-8-26-16)23-10-14-5-3-6-15(9-14)12-25-13-18(19,20)21/h3,5-6,9,16H,2,4,7-8,10-13H2,1H3,(H2,22,23,24). The zero-order valence-corrected chi connectivity index (χ0v) is 15.8. The summed E-state index contributed by atoms with van der Waals surface area (Å²) in [6.07, 6.45) is -1.79. The van der Waals surface area contributed by atoms with Crippen LogP contribution >= 0.6 is 11.8 Å². The van der Waals surface area contributed by atoms with Crippen molar-refractivity contribution < 1.29 is 17.9 Å². The molecule has 8 heteroatoms.